The van der Waals surface area contributed by atoms with Crippen molar-refractivity contribution in [2.45, 2.75) is 38.1 Å². The maximum atomic E-state index is 12.1. The molecule has 0 spiro atoms. The number of Topliss-reactive ketones (excluding diaryl/α,β-unsaturated/α-hetero) is 1. The third-order valence-electron chi connectivity index (χ3n) is 3.82. The number of rotatable bonds is 0. The van der Waals surface area contributed by atoms with Crippen LogP contribution in [0, 0.1) is 16.7 Å². The van der Waals surface area contributed by atoms with Crippen LogP contribution in [0.25, 0.3) is 0 Å². The summed E-state index contributed by atoms with van der Waals surface area (Å²) in [7, 11) is 2.09. The Morgan fingerprint density at radius 1 is 1.62 bits per heavy atom. The van der Waals surface area contributed by atoms with Crippen molar-refractivity contribution in [1.29, 1.82) is 5.26 Å². The second-order valence-corrected chi connectivity index (χ2v) is 5.58. The van der Waals surface area contributed by atoms with Crippen LogP contribution in [-0.4, -0.2) is 26.3 Å². The highest BCUT2D eigenvalue weighted by Gasteiger charge is 2.52. The van der Waals surface area contributed by atoms with Gasteiger partial charge in [-0.3, -0.25) is 4.79 Å². The topological polar surface area (TPSA) is 50.1 Å². The number of ether oxygens (including phenoxy) is 1. The summed E-state index contributed by atoms with van der Waals surface area (Å²) >= 11 is 0. The first kappa shape index (κ1) is 11.4. The molecule has 0 bridgehead atoms. The maximum absolute atomic E-state index is 12.1. The van der Waals surface area contributed by atoms with E-state index in [-0.39, 0.29) is 17.2 Å². The second-order valence-electron chi connectivity index (χ2n) is 5.58. The summed E-state index contributed by atoms with van der Waals surface area (Å²) in [6.07, 6.45) is 3.70. The average Bonchev–Trinajstić information content (AvgIpc) is 2.24. The molecule has 3 nitrogen and oxygen atoms in total. The Morgan fingerprint density at radius 3 is 2.94 bits per heavy atom. The van der Waals surface area contributed by atoms with E-state index < -0.39 is 5.41 Å². The van der Waals surface area contributed by atoms with Crippen LogP contribution in [0.15, 0.2) is 11.6 Å². The number of nitrogens with zero attached hydrogens (tertiary/aromatic N) is 1. The Bertz CT molecular complexity index is 408. The molecule has 1 aliphatic carbocycles. The molecule has 4 heteroatoms. The van der Waals surface area contributed by atoms with Crippen molar-refractivity contribution in [2.75, 3.05) is 6.61 Å². The van der Waals surface area contributed by atoms with Gasteiger partial charge in [-0.2, -0.15) is 5.26 Å². The molecule has 0 aromatic carbocycles. The van der Waals surface area contributed by atoms with Crippen LogP contribution in [-0.2, 0) is 9.53 Å². The minimum Gasteiger partial charge on any atom is -0.377 e. The molecular formula is C12H16BNO2. The van der Waals surface area contributed by atoms with E-state index in [0.29, 0.717) is 12.2 Å². The molecule has 16 heavy (non-hydrogen) atoms. The number of hydrogen-bond donors (Lipinski definition) is 0. The van der Waals surface area contributed by atoms with E-state index in [1.165, 1.54) is 0 Å². The molecule has 2 atom stereocenters. The van der Waals surface area contributed by atoms with Gasteiger partial charge in [0.05, 0.1) is 17.1 Å². The first-order valence-corrected chi connectivity index (χ1v) is 5.71. The quantitative estimate of drug-likeness (QED) is 0.569. The molecule has 84 valence electrons. The van der Waals surface area contributed by atoms with Crippen molar-refractivity contribution >= 4 is 13.6 Å². The van der Waals surface area contributed by atoms with Crippen LogP contribution in [0.2, 0.25) is 5.31 Å². The summed E-state index contributed by atoms with van der Waals surface area (Å²) in [4.78, 5) is 12.1. The van der Waals surface area contributed by atoms with Gasteiger partial charge in [-0.1, -0.05) is 19.9 Å². The fourth-order valence-electron chi connectivity index (χ4n) is 3.10. The highest BCUT2D eigenvalue weighted by atomic mass is 16.5. The molecule has 2 rings (SSSR count). The molecule has 1 aliphatic heterocycles. The molecule has 2 aliphatic rings. The lowest BCUT2D eigenvalue weighted by molar-refractivity contribution is -0.139. The van der Waals surface area contributed by atoms with Crippen LogP contribution >= 0.6 is 0 Å². The van der Waals surface area contributed by atoms with Crippen LogP contribution in [0.3, 0.4) is 0 Å². The van der Waals surface area contributed by atoms with Gasteiger partial charge in [0.2, 0.25) is 0 Å². The summed E-state index contributed by atoms with van der Waals surface area (Å²) in [5, 5.41) is 8.85. The van der Waals surface area contributed by atoms with E-state index >= 15 is 0 Å². The molecule has 0 aromatic heterocycles. The Hall–Kier alpha value is -1.08. The second kappa shape index (κ2) is 3.46. The first-order chi connectivity index (χ1) is 7.42. The maximum Gasteiger partial charge on any atom is 0.181 e. The fourth-order valence-corrected chi connectivity index (χ4v) is 3.10. The number of fused-ring (bicyclic) bond motifs is 1. The molecule has 0 unspecified atom stereocenters. The van der Waals surface area contributed by atoms with Gasteiger partial charge in [0.25, 0.3) is 0 Å². The van der Waals surface area contributed by atoms with E-state index in [9.17, 15) is 4.79 Å². The fraction of sp³-hybridized carbons (Fsp3) is 0.667. The zero-order chi connectivity index (χ0) is 12.0. The van der Waals surface area contributed by atoms with Crippen molar-refractivity contribution in [1.82, 2.24) is 0 Å². The Balaban J connectivity index is 2.53. The van der Waals surface area contributed by atoms with Crippen LogP contribution in [0.4, 0.5) is 0 Å². The van der Waals surface area contributed by atoms with Crippen molar-refractivity contribution in [3.8, 4) is 6.07 Å². The van der Waals surface area contributed by atoms with Crippen molar-refractivity contribution in [3.05, 3.63) is 11.6 Å². The van der Waals surface area contributed by atoms with E-state index in [4.69, 9.17) is 10.00 Å². The lowest BCUT2D eigenvalue weighted by Crippen LogP contribution is -2.52. The smallest absolute Gasteiger partial charge is 0.181 e. The van der Waals surface area contributed by atoms with Crippen molar-refractivity contribution in [3.63, 3.8) is 0 Å². The van der Waals surface area contributed by atoms with E-state index in [1.54, 1.807) is 0 Å². The number of allylic oxidation sites excluding steroid dienone is 1. The lowest BCUT2D eigenvalue weighted by Gasteiger charge is -2.49. The Kier molecular flexibility index (Phi) is 2.47. The summed E-state index contributed by atoms with van der Waals surface area (Å²) in [6, 6.07) is 2.02. The molecule has 0 radical (unpaired) electrons. The van der Waals surface area contributed by atoms with Gasteiger partial charge in [0.15, 0.2) is 5.78 Å². The molecule has 0 N–H and O–H groups in total. The van der Waals surface area contributed by atoms with E-state index in [0.717, 1.165) is 12.8 Å². The zero-order valence-corrected chi connectivity index (χ0v) is 10.0. The SMILES string of the molecule is B[C@@]12C=C(C#N)C(=O)C(C)(C)[C@H]1OCCC2. The molecular weight excluding hydrogens is 201 g/mol. The Morgan fingerprint density at radius 2 is 2.31 bits per heavy atom. The highest BCUT2D eigenvalue weighted by molar-refractivity contribution is 6.20. The summed E-state index contributed by atoms with van der Waals surface area (Å²) in [6.45, 7) is 4.48. The average molecular weight is 217 g/mol. The summed E-state index contributed by atoms with van der Waals surface area (Å²) in [5.74, 6) is -0.0839. The van der Waals surface area contributed by atoms with E-state index in [1.807, 2.05) is 26.0 Å². The molecule has 1 heterocycles. The Labute approximate surface area is 96.9 Å². The van der Waals surface area contributed by atoms with Gasteiger partial charge < -0.3 is 4.74 Å². The monoisotopic (exact) mass is 217 g/mol. The van der Waals surface area contributed by atoms with Crippen molar-refractivity contribution in [2.24, 2.45) is 5.41 Å². The number of carbonyl (C=O) groups excluding carboxylic acids is 1. The van der Waals surface area contributed by atoms with Gasteiger partial charge in [0.1, 0.15) is 13.9 Å². The number of nitriles is 1. The number of ketones is 1. The summed E-state index contributed by atoms with van der Waals surface area (Å²) < 4.78 is 5.79. The molecule has 1 fully saturated rings. The van der Waals surface area contributed by atoms with Gasteiger partial charge in [-0.15, -0.1) is 0 Å². The van der Waals surface area contributed by atoms with Crippen LogP contribution in [0.5, 0.6) is 0 Å². The zero-order valence-electron chi connectivity index (χ0n) is 10.0. The standard InChI is InChI=1S/C12H16BNO2/c1-11(2)9(15)8(7-14)6-12(13)4-3-5-16-10(11)12/h6,10H,3-5,13H2,1-2H3/t10-,12+/m1/s1. The van der Waals surface area contributed by atoms with Gasteiger partial charge in [-0.05, 0) is 18.2 Å². The molecule has 0 saturated carbocycles. The van der Waals surface area contributed by atoms with Gasteiger partial charge >= 0.3 is 0 Å². The first-order valence-electron chi connectivity index (χ1n) is 5.71. The predicted octanol–water partition coefficient (Wildman–Crippen LogP) is 1.02. The minimum absolute atomic E-state index is 0.0839. The molecule has 1 saturated heterocycles. The number of carbonyl (C=O) groups is 1. The lowest BCUT2D eigenvalue weighted by atomic mass is 9.51. The largest absolute Gasteiger partial charge is 0.377 e. The normalized spacial score (nSPS) is 37.2. The highest BCUT2D eigenvalue weighted by Crippen LogP contribution is 2.52. The number of hydrogen-bond acceptors (Lipinski definition) is 3. The van der Waals surface area contributed by atoms with Crippen molar-refractivity contribution < 1.29 is 9.53 Å². The van der Waals surface area contributed by atoms with Crippen LogP contribution in [0.1, 0.15) is 26.7 Å². The third kappa shape index (κ3) is 1.42. The minimum atomic E-state index is -0.588. The summed E-state index contributed by atoms with van der Waals surface area (Å²) in [5.41, 5.74) is -0.288. The van der Waals surface area contributed by atoms with Gasteiger partial charge in [0, 0.05) is 6.61 Å². The predicted molar refractivity (Wildman–Crippen MR) is 62.7 cm³/mol. The van der Waals surface area contributed by atoms with E-state index in [2.05, 4.69) is 7.85 Å². The molecule has 0 amide bonds. The van der Waals surface area contributed by atoms with Gasteiger partial charge in [-0.25, -0.2) is 0 Å². The molecule has 0 aromatic rings. The van der Waals surface area contributed by atoms with Crippen LogP contribution < -0.4 is 0 Å². The third-order valence-corrected chi connectivity index (χ3v) is 3.82.